The monoisotopic (exact) mass is 408 g/mol. The van der Waals surface area contributed by atoms with Crippen LogP contribution in [0.4, 0.5) is 5.69 Å². The molecule has 0 aliphatic rings. The fourth-order valence-corrected chi connectivity index (χ4v) is 3.82. The van der Waals surface area contributed by atoms with Crippen molar-refractivity contribution in [2.75, 3.05) is 12.4 Å². The number of thiophene rings is 1. The molecule has 4 rings (SSSR count). The number of hydrogen-bond donors (Lipinski definition) is 1. The zero-order valence-electron chi connectivity index (χ0n) is 15.1. The topological polar surface area (TPSA) is 51.2 Å². The smallest absolute Gasteiger partial charge is 0.229 e. The summed E-state index contributed by atoms with van der Waals surface area (Å²) in [5, 5.41) is 6.43. The van der Waals surface area contributed by atoms with Crippen molar-refractivity contribution in [3.8, 4) is 17.0 Å². The number of methoxy groups -OCH3 is 1. The van der Waals surface area contributed by atoms with Crippen molar-refractivity contribution in [3.63, 3.8) is 0 Å². The molecule has 1 N–H and O–H groups in total. The van der Waals surface area contributed by atoms with Crippen LogP contribution in [0.1, 0.15) is 4.88 Å². The van der Waals surface area contributed by atoms with E-state index in [1.54, 1.807) is 18.4 Å². The third kappa shape index (κ3) is 4.01. The number of carbonyl (C=O) groups is 1. The van der Waals surface area contributed by atoms with Gasteiger partial charge in [0.1, 0.15) is 5.75 Å². The Kier molecular flexibility index (Phi) is 5.28. The maximum Gasteiger partial charge on any atom is 0.229 e. The van der Waals surface area contributed by atoms with Crippen LogP contribution in [0.5, 0.6) is 5.75 Å². The van der Waals surface area contributed by atoms with Gasteiger partial charge in [-0.05, 0) is 41.8 Å². The van der Waals surface area contributed by atoms with Crippen LogP contribution in [0.3, 0.4) is 0 Å². The summed E-state index contributed by atoms with van der Waals surface area (Å²) in [6, 6.07) is 18.9. The Bertz CT molecular complexity index is 1130. The molecule has 2 aromatic heterocycles. The van der Waals surface area contributed by atoms with Crippen LogP contribution >= 0.6 is 22.9 Å². The molecule has 4 nitrogen and oxygen atoms in total. The van der Waals surface area contributed by atoms with Crippen molar-refractivity contribution in [1.82, 2.24) is 4.98 Å². The van der Waals surface area contributed by atoms with Crippen molar-refractivity contribution in [1.29, 1.82) is 0 Å². The molecule has 6 heteroatoms. The van der Waals surface area contributed by atoms with Crippen LogP contribution in [0.25, 0.3) is 22.2 Å². The minimum Gasteiger partial charge on any atom is -0.496 e. The third-order valence-corrected chi connectivity index (χ3v) is 5.46. The van der Waals surface area contributed by atoms with E-state index in [1.165, 1.54) is 0 Å². The fourth-order valence-electron chi connectivity index (χ4n) is 2.99. The molecule has 0 aliphatic heterocycles. The Labute approximate surface area is 171 Å². The average molecular weight is 409 g/mol. The fraction of sp³-hybridized carbons (Fsp3) is 0.0909. The molecule has 4 aromatic rings. The van der Waals surface area contributed by atoms with Crippen LogP contribution < -0.4 is 10.1 Å². The summed E-state index contributed by atoms with van der Waals surface area (Å²) in [4.78, 5) is 18.0. The zero-order valence-corrected chi connectivity index (χ0v) is 16.7. The summed E-state index contributed by atoms with van der Waals surface area (Å²) in [7, 11) is 1.63. The van der Waals surface area contributed by atoms with E-state index >= 15 is 0 Å². The standard InChI is InChI=1S/C22H17ClN2O2S/c1-27-21-13-20(14-4-6-15(23)7-5-14)25-19-9-8-16(11-18(19)21)24-22(26)12-17-3-2-10-28-17/h2-11,13H,12H2,1H3,(H,24,26). The molecule has 0 saturated heterocycles. The molecule has 28 heavy (non-hydrogen) atoms. The maximum atomic E-state index is 12.3. The first-order valence-corrected chi connectivity index (χ1v) is 9.95. The Morgan fingerprint density at radius 1 is 1.14 bits per heavy atom. The number of hydrogen-bond acceptors (Lipinski definition) is 4. The summed E-state index contributed by atoms with van der Waals surface area (Å²) in [6.07, 6.45) is 0.362. The predicted molar refractivity (Wildman–Crippen MR) is 115 cm³/mol. The second-order valence-corrected chi connectivity index (χ2v) is 7.72. The van der Waals surface area contributed by atoms with E-state index in [-0.39, 0.29) is 5.91 Å². The number of halogens is 1. The number of carbonyl (C=O) groups excluding carboxylic acids is 1. The maximum absolute atomic E-state index is 12.3. The molecule has 0 bridgehead atoms. The van der Waals surface area contributed by atoms with Gasteiger partial charge in [-0.3, -0.25) is 4.79 Å². The molecule has 0 radical (unpaired) electrons. The van der Waals surface area contributed by atoms with Crippen LogP contribution in [-0.4, -0.2) is 18.0 Å². The number of anilines is 1. The quantitative estimate of drug-likeness (QED) is 0.453. The van der Waals surface area contributed by atoms with Crippen molar-refractivity contribution in [3.05, 3.63) is 75.9 Å². The van der Waals surface area contributed by atoms with Gasteiger partial charge in [-0.2, -0.15) is 0 Å². The molecule has 1 amide bonds. The zero-order chi connectivity index (χ0) is 19.5. The highest BCUT2D eigenvalue weighted by Crippen LogP contribution is 2.32. The van der Waals surface area contributed by atoms with Crippen LogP contribution in [0, 0.1) is 0 Å². The number of benzene rings is 2. The lowest BCUT2D eigenvalue weighted by atomic mass is 10.1. The van der Waals surface area contributed by atoms with E-state index in [2.05, 4.69) is 5.32 Å². The van der Waals surface area contributed by atoms with Gasteiger partial charge in [0.05, 0.1) is 24.7 Å². The van der Waals surface area contributed by atoms with E-state index in [9.17, 15) is 4.79 Å². The summed E-state index contributed by atoms with van der Waals surface area (Å²) < 4.78 is 5.58. The molecular formula is C22H17ClN2O2S. The van der Waals surface area contributed by atoms with Crippen molar-refractivity contribution in [2.45, 2.75) is 6.42 Å². The van der Waals surface area contributed by atoms with Crippen LogP contribution in [0.15, 0.2) is 66.0 Å². The second-order valence-electron chi connectivity index (χ2n) is 6.25. The highest BCUT2D eigenvalue weighted by Gasteiger charge is 2.11. The minimum absolute atomic E-state index is 0.0495. The minimum atomic E-state index is -0.0495. The van der Waals surface area contributed by atoms with Gasteiger partial charge in [0.2, 0.25) is 5.91 Å². The Balaban J connectivity index is 1.64. The van der Waals surface area contributed by atoms with Gasteiger partial charge in [0.25, 0.3) is 0 Å². The Morgan fingerprint density at radius 3 is 2.68 bits per heavy atom. The first-order valence-electron chi connectivity index (χ1n) is 8.69. The van der Waals surface area contributed by atoms with Crippen LogP contribution in [-0.2, 0) is 11.2 Å². The first-order chi connectivity index (χ1) is 13.6. The van der Waals surface area contributed by atoms with Gasteiger partial charge in [-0.1, -0.05) is 29.8 Å². The number of ether oxygens (including phenoxy) is 1. The Morgan fingerprint density at radius 2 is 1.96 bits per heavy atom. The van der Waals surface area contributed by atoms with Gasteiger partial charge in [-0.25, -0.2) is 4.98 Å². The molecule has 0 saturated carbocycles. The van der Waals surface area contributed by atoms with Gasteiger partial charge >= 0.3 is 0 Å². The van der Waals surface area contributed by atoms with Crippen molar-refractivity contribution in [2.24, 2.45) is 0 Å². The molecule has 0 fully saturated rings. The predicted octanol–water partition coefficient (Wildman–Crippen LogP) is 5.81. The van der Waals surface area contributed by atoms with Gasteiger partial charge in [0.15, 0.2) is 0 Å². The molecule has 2 aromatic carbocycles. The lowest BCUT2D eigenvalue weighted by molar-refractivity contribution is -0.115. The van der Waals surface area contributed by atoms with E-state index in [0.29, 0.717) is 22.9 Å². The van der Waals surface area contributed by atoms with Crippen molar-refractivity contribution < 1.29 is 9.53 Å². The summed E-state index contributed by atoms with van der Waals surface area (Å²) in [5.74, 6) is 0.649. The van der Waals surface area contributed by atoms with Gasteiger partial charge in [-0.15, -0.1) is 11.3 Å². The number of fused-ring (bicyclic) bond motifs is 1. The highest BCUT2D eigenvalue weighted by molar-refractivity contribution is 7.10. The van der Waals surface area contributed by atoms with Crippen LogP contribution in [0.2, 0.25) is 5.02 Å². The lowest BCUT2D eigenvalue weighted by Gasteiger charge is -2.11. The molecule has 0 atom stereocenters. The molecular weight excluding hydrogens is 392 g/mol. The number of amides is 1. The summed E-state index contributed by atoms with van der Waals surface area (Å²) in [6.45, 7) is 0. The number of nitrogens with one attached hydrogen (secondary N) is 1. The number of pyridine rings is 1. The SMILES string of the molecule is COc1cc(-c2ccc(Cl)cc2)nc2ccc(NC(=O)Cc3cccs3)cc12. The molecule has 0 spiro atoms. The van der Waals surface area contributed by atoms with E-state index in [1.807, 2.05) is 66.0 Å². The van der Waals surface area contributed by atoms with Crippen molar-refractivity contribution >= 4 is 45.4 Å². The number of aromatic nitrogens is 1. The normalized spacial score (nSPS) is 10.8. The lowest BCUT2D eigenvalue weighted by Crippen LogP contribution is -2.13. The molecule has 0 aliphatic carbocycles. The second kappa shape index (κ2) is 8.00. The van der Waals surface area contributed by atoms with Gasteiger partial charge in [0, 0.05) is 32.6 Å². The summed E-state index contributed by atoms with van der Waals surface area (Å²) in [5.41, 5.74) is 3.27. The van der Waals surface area contributed by atoms with E-state index in [4.69, 9.17) is 21.3 Å². The molecule has 0 unspecified atom stereocenters. The highest BCUT2D eigenvalue weighted by atomic mass is 35.5. The first kappa shape index (κ1) is 18.5. The summed E-state index contributed by atoms with van der Waals surface area (Å²) >= 11 is 7.55. The number of rotatable bonds is 5. The Hall–Kier alpha value is -2.89. The van der Waals surface area contributed by atoms with E-state index in [0.717, 1.165) is 27.0 Å². The average Bonchev–Trinajstić information content (AvgIpc) is 3.20. The molecule has 2 heterocycles. The third-order valence-electron chi connectivity index (χ3n) is 4.33. The number of nitrogens with zero attached hydrogens (tertiary/aromatic N) is 1. The molecule has 140 valence electrons. The van der Waals surface area contributed by atoms with E-state index < -0.39 is 0 Å². The largest absolute Gasteiger partial charge is 0.496 e. The van der Waals surface area contributed by atoms with Gasteiger partial charge < -0.3 is 10.1 Å².